The van der Waals surface area contributed by atoms with Gasteiger partial charge in [0.1, 0.15) is 11.5 Å². The quantitative estimate of drug-likeness (QED) is 0.383. The second kappa shape index (κ2) is 9.57. The van der Waals surface area contributed by atoms with Gasteiger partial charge in [-0.25, -0.2) is 4.79 Å². The Kier molecular flexibility index (Phi) is 6.42. The van der Waals surface area contributed by atoms with Crippen LogP contribution >= 0.6 is 11.8 Å². The molecule has 162 valence electrons. The Balaban J connectivity index is 1.73. The fourth-order valence-electron chi connectivity index (χ4n) is 3.24. The smallest absolute Gasteiger partial charge is 0.335 e. The van der Waals surface area contributed by atoms with Gasteiger partial charge in [-0.1, -0.05) is 48.2 Å². The van der Waals surface area contributed by atoms with E-state index in [0.29, 0.717) is 22.5 Å². The van der Waals surface area contributed by atoms with E-state index < -0.39 is 5.97 Å². The number of carbonyl (C=O) groups is 1. The van der Waals surface area contributed by atoms with E-state index in [1.54, 1.807) is 26.4 Å². The van der Waals surface area contributed by atoms with Crippen molar-refractivity contribution >= 4 is 17.7 Å². The number of hydrogen-bond acceptors (Lipinski definition) is 6. The number of nitrogens with zero attached hydrogens (tertiary/aromatic N) is 3. The lowest BCUT2D eigenvalue weighted by molar-refractivity contribution is 0.0697. The maximum Gasteiger partial charge on any atom is 0.335 e. The summed E-state index contributed by atoms with van der Waals surface area (Å²) in [6, 6.07) is 22.2. The first-order chi connectivity index (χ1) is 15.6. The molecule has 0 aliphatic carbocycles. The molecule has 4 rings (SSSR count). The van der Waals surface area contributed by atoms with Crippen molar-refractivity contribution in [2.45, 2.75) is 10.9 Å². The van der Waals surface area contributed by atoms with Gasteiger partial charge in [0, 0.05) is 11.3 Å². The molecule has 0 saturated heterocycles. The standard InChI is InChI=1S/C24H21N3O4S/c1-30-19-7-5-6-18(14-19)22-25-26-24(27(22)20-8-3-4-9-21(20)31-2)32-15-16-10-12-17(13-11-16)23(28)29/h3-14H,15H2,1-2H3,(H,28,29). The van der Waals surface area contributed by atoms with Crippen LogP contribution in [0.2, 0.25) is 0 Å². The molecule has 0 saturated carbocycles. The van der Waals surface area contributed by atoms with Crippen LogP contribution in [0.15, 0.2) is 78.0 Å². The van der Waals surface area contributed by atoms with Crippen LogP contribution in [0.4, 0.5) is 0 Å². The first-order valence-corrected chi connectivity index (χ1v) is 10.8. The average molecular weight is 448 g/mol. The third-order valence-electron chi connectivity index (χ3n) is 4.86. The predicted octanol–water partition coefficient (Wildman–Crippen LogP) is 4.94. The van der Waals surface area contributed by atoms with Crippen molar-refractivity contribution in [3.63, 3.8) is 0 Å². The molecule has 1 heterocycles. The van der Waals surface area contributed by atoms with Crippen LogP contribution < -0.4 is 9.47 Å². The molecule has 0 bridgehead atoms. The van der Waals surface area contributed by atoms with Crippen LogP contribution in [0.25, 0.3) is 17.1 Å². The molecule has 0 aliphatic heterocycles. The van der Waals surface area contributed by atoms with E-state index in [0.717, 1.165) is 22.6 Å². The minimum atomic E-state index is -0.942. The molecule has 32 heavy (non-hydrogen) atoms. The summed E-state index contributed by atoms with van der Waals surface area (Å²) in [5.74, 6) is 1.75. The van der Waals surface area contributed by atoms with Gasteiger partial charge in [-0.2, -0.15) is 0 Å². The van der Waals surface area contributed by atoms with E-state index in [1.165, 1.54) is 11.8 Å². The van der Waals surface area contributed by atoms with Crippen molar-refractivity contribution in [2.24, 2.45) is 0 Å². The van der Waals surface area contributed by atoms with Gasteiger partial charge in [-0.15, -0.1) is 10.2 Å². The molecule has 1 N–H and O–H groups in total. The molecular weight excluding hydrogens is 426 g/mol. The first-order valence-electron chi connectivity index (χ1n) is 9.79. The number of ether oxygens (including phenoxy) is 2. The van der Waals surface area contributed by atoms with Crippen molar-refractivity contribution in [1.82, 2.24) is 14.8 Å². The highest BCUT2D eigenvalue weighted by molar-refractivity contribution is 7.98. The molecule has 7 nitrogen and oxygen atoms in total. The summed E-state index contributed by atoms with van der Waals surface area (Å²) >= 11 is 1.51. The van der Waals surface area contributed by atoms with Crippen LogP contribution in [0, 0.1) is 0 Å². The normalized spacial score (nSPS) is 10.7. The highest BCUT2D eigenvalue weighted by Gasteiger charge is 2.19. The van der Waals surface area contributed by atoms with E-state index in [4.69, 9.17) is 14.6 Å². The van der Waals surface area contributed by atoms with E-state index in [-0.39, 0.29) is 5.56 Å². The highest BCUT2D eigenvalue weighted by atomic mass is 32.2. The Morgan fingerprint density at radius 3 is 2.47 bits per heavy atom. The van der Waals surface area contributed by atoms with Crippen LogP contribution in [-0.4, -0.2) is 40.1 Å². The number of carboxylic acid groups (broad SMARTS) is 1. The Bertz CT molecular complexity index is 1240. The van der Waals surface area contributed by atoms with Gasteiger partial charge < -0.3 is 14.6 Å². The molecule has 8 heteroatoms. The van der Waals surface area contributed by atoms with Crippen molar-refractivity contribution in [2.75, 3.05) is 14.2 Å². The molecule has 0 atom stereocenters. The summed E-state index contributed by atoms with van der Waals surface area (Å²) in [5, 5.41) is 18.7. The van der Waals surface area contributed by atoms with E-state index >= 15 is 0 Å². The van der Waals surface area contributed by atoms with Gasteiger partial charge in [0.25, 0.3) is 0 Å². The molecular formula is C24H21N3O4S. The van der Waals surface area contributed by atoms with Crippen LogP contribution in [0.1, 0.15) is 15.9 Å². The molecule has 1 aromatic heterocycles. The SMILES string of the molecule is COc1cccc(-c2nnc(SCc3ccc(C(=O)O)cc3)n2-c2ccccc2OC)c1. The van der Waals surface area contributed by atoms with Crippen LogP contribution in [0.5, 0.6) is 11.5 Å². The van der Waals surface area contributed by atoms with Crippen molar-refractivity contribution in [3.8, 4) is 28.6 Å². The maximum absolute atomic E-state index is 11.1. The zero-order valence-corrected chi connectivity index (χ0v) is 18.4. The topological polar surface area (TPSA) is 86.5 Å². The summed E-state index contributed by atoms with van der Waals surface area (Å²) in [6.07, 6.45) is 0. The van der Waals surface area contributed by atoms with Crippen molar-refractivity contribution < 1.29 is 19.4 Å². The summed E-state index contributed by atoms with van der Waals surface area (Å²) in [5.41, 5.74) is 2.93. The molecule has 0 aliphatic rings. The third-order valence-corrected chi connectivity index (χ3v) is 5.86. The number of rotatable bonds is 8. The molecule has 4 aromatic rings. The molecule has 3 aromatic carbocycles. The minimum Gasteiger partial charge on any atom is -0.497 e. The number of aromatic nitrogens is 3. The molecule has 0 unspecified atom stereocenters. The van der Waals surface area contributed by atoms with Gasteiger partial charge in [-0.3, -0.25) is 4.57 Å². The molecule has 0 amide bonds. The monoisotopic (exact) mass is 447 g/mol. The van der Waals surface area contributed by atoms with E-state index in [1.807, 2.05) is 65.2 Å². The number of methoxy groups -OCH3 is 2. The Morgan fingerprint density at radius 2 is 1.75 bits per heavy atom. The summed E-state index contributed by atoms with van der Waals surface area (Å²) in [4.78, 5) is 11.1. The van der Waals surface area contributed by atoms with Crippen LogP contribution in [0.3, 0.4) is 0 Å². The van der Waals surface area contributed by atoms with Crippen molar-refractivity contribution in [1.29, 1.82) is 0 Å². The summed E-state index contributed by atoms with van der Waals surface area (Å²) in [6.45, 7) is 0. The van der Waals surface area contributed by atoms with Crippen LogP contribution in [-0.2, 0) is 5.75 Å². The largest absolute Gasteiger partial charge is 0.497 e. The predicted molar refractivity (Wildman–Crippen MR) is 123 cm³/mol. The number of aromatic carboxylic acids is 1. The second-order valence-electron chi connectivity index (χ2n) is 6.84. The number of thioether (sulfide) groups is 1. The third kappa shape index (κ3) is 4.45. The molecule has 0 spiro atoms. The van der Waals surface area contributed by atoms with E-state index in [2.05, 4.69) is 10.2 Å². The van der Waals surface area contributed by atoms with Gasteiger partial charge in [0.2, 0.25) is 0 Å². The number of para-hydroxylation sites is 2. The Labute approximate surface area is 189 Å². The van der Waals surface area contributed by atoms with Crippen molar-refractivity contribution in [3.05, 3.63) is 83.9 Å². The second-order valence-corrected chi connectivity index (χ2v) is 7.78. The van der Waals surface area contributed by atoms with E-state index in [9.17, 15) is 4.79 Å². The first kappa shape index (κ1) is 21.5. The maximum atomic E-state index is 11.1. The fourth-order valence-corrected chi connectivity index (χ4v) is 4.14. The van der Waals surface area contributed by atoms with Gasteiger partial charge in [0.05, 0.1) is 25.5 Å². The zero-order chi connectivity index (χ0) is 22.5. The summed E-state index contributed by atoms with van der Waals surface area (Å²) in [7, 11) is 3.26. The lowest BCUT2D eigenvalue weighted by Gasteiger charge is -2.14. The number of hydrogen-bond donors (Lipinski definition) is 1. The lowest BCUT2D eigenvalue weighted by atomic mass is 10.1. The average Bonchev–Trinajstić information content (AvgIpc) is 3.26. The van der Waals surface area contributed by atoms with Gasteiger partial charge in [0.15, 0.2) is 11.0 Å². The molecule has 0 radical (unpaired) electrons. The minimum absolute atomic E-state index is 0.260. The lowest BCUT2D eigenvalue weighted by Crippen LogP contribution is -2.02. The van der Waals surface area contributed by atoms with Gasteiger partial charge in [-0.05, 0) is 42.0 Å². The fraction of sp³-hybridized carbons (Fsp3) is 0.125. The highest BCUT2D eigenvalue weighted by Crippen LogP contribution is 2.34. The number of benzene rings is 3. The Morgan fingerprint density at radius 1 is 0.969 bits per heavy atom. The molecule has 0 fully saturated rings. The Hall–Kier alpha value is -3.78. The zero-order valence-electron chi connectivity index (χ0n) is 17.6. The van der Waals surface area contributed by atoms with Gasteiger partial charge >= 0.3 is 5.97 Å². The number of carboxylic acids is 1. The summed E-state index contributed by atoms with van der Waals surface area (Å²) < 4.78 is 12.9.